The first kappa shape index (κ1) is 21.3. The monoisotopic (exact) mass is 429 g/mol. The third-order valence-electron chi connectivity index (χ3n) is 5.10. The molecule has 0 bridgehead atoms. The van der Waals surface area contributed by atoms with Crippen LogP contribution in [0.3, 0.4) is 0 Å². The van der Waals surface area contributed by atoms with Crippen LogP contribution in [0, 0.1) is 0 Å². The lowest BCUT2D eigenvalue weighted by Crippen LogP contribution is -2.30. The van der Waals surface area contributed by atoms with Crippen LogP contribution >= 0.6 is 0 Å². The lowest BCUT2D eigenvalue weighted by atomic mass is 10.1. The molecule has 3 N–H and O–H groups in total. The van der Waals surface area contributed by atoms with Gasteiger partial charge in [0.25, 0.3) is 0 Å². The van der Waals surface area contributed by atoms with Gasteiger partial charge >= 0.3 is 6.03 Å². The highest BCUT2D eigenvalue weighted by atomic mass is 16.5. The summed E-state index contributed by atoms with van der Waals surface area (Å²) in [5.74, 6) is 1.48. The van der Waals surface area contributed by atoms with E-state index >= 15 is 0 Å². The van der Waals surface area contributed by atoms with Gasteiger partial charge in [-0.2, -0.15) is 0 Å². The van der Waals surface area contributed by atoms with Gasteiger partial charge in [-0.15, -0.1) is 0 Å². The van der Waals surface area contributed by atoms with Gasteiger partial charge in [0.05, 0.1) is 12.3 Å². The van der Waals surface area contributed by atoms with Crippen molar-refractivity contribution in [2.75, 3.05) is 18.5 Å². The number of amides is 2. The molecule has 6 heteroatoms. The van der Waals surface area contributed by atoms with E-state index in [1.807, 2.05) is 79.9 Å². The fourth-order valence-corrected chi connectivity index (χ4v) is 3.53. The third kappa shape index (κ3) is 5.40. The van der Waals surface area contributed by atoms with Crippen molar-refractivity contribution in [3.63, 3.8) is 0 Å². The van der Waals surface area contributed by atoms with E-state index in [1.165, 1.54) is 0 Å². The van der Waals surface area contributed by atoms with Crippen molar-refractivity contribution in [1.29, 1.82) is 0 Å². The number of carbonyl (C=O) groups excluding carboxylic acids is 1. The summed E-state index contributed by atoms with van der Waals surface area (Å²) < 4.78 is 11.5. The lowest BCUT2D eigenvalue weighted by Gasteiger charge is -2.12. The number of rotatable bonds is 9. The van der Waals surface area contributed by atoms with E-state index in [4.69, 9.17) is 9.47 Å². The molecule has 0 atom stereocenters. The number of hydrogen-bond donors (Lipinski definition) is 3. The molecule has 4 rings (SSSR count). The normalized spacial score (nSPS) is 10.7. The first-order valence-electron chi connectivity index (χ1n) is 10.8. The Morgan fingerprint density at radius 2 is 1.78 bits per heavy atom. The lowest BCUT2D eigenvalue weighted by molar-refractivity contribution is 0.252. The van der Waals surface area contributed by atoms with E-state index in [0.29, 0.717) is 37.6 Å². The highest BCUT2D eigenvalue weighted by molar-refractivity contribution is 5.91. The van der Waals surface area contributed by atoms with E-state index in [1.54, 1.807) is 0 Å². The number of para-hydroxylation sites is 2. The quantitative estimate of drug-likeness (QED) is 0.328. The highest BCUT2D eigenvalue weighted by Crippen LogP contribution is 2.25. The van der Waals surface area contributed by atoms with Crippen LogP contribution in [0.15, 0.2) is 79.0 Å². The number of urea groups is 1. The van der Waals surface area contributed by atoms with Crippen molar-refractivity contribution in [1.82, 2.24) is 10.3 Å². The van der Waals surface area contributed by atoms with Crippen molar-refractivity contribution in [2.45, 2.75) is 20.0 Å². The van der Waals surface area contributed by atoms with Crippen LogP contribution in [-0.2, 0) is 13.0 Å². The fourth-order valence-electron chi connectivity index (χ4n) is 3.53. The number of carbonyl (C=O) groups is 1. The van der Waals surface area contributed by atoms with E-state index in [-0.39, 0.29) is 6.03 Å². The molecule has 6 nitrogen and oxygen atoms in total. The van der Waals surface area contributed by atoms with Crippen LogP contribution in [-0.4, -0.2) is 24.2 Å². The molecule has 0 aliphatic rings. The molecule has 32 heavy (non-hydrogen) atoms. The molecule has 0 aliphatic heterocycles. The van der Waals surface area contributed by atoms with Crippen LogP contribution in [0.1, 0.15) is 18.1 Å². The van der Waals surface area contributed by atoms with Gasteiger partial charge < -0.3 is 25.1 Å². The van der Waals surface area contributed by atoms with Gasteiger partial charge in [0, 0.05) is 29.7 Å². The van der Waals surface area contributed by atoms with Gasteiger partial charge in [0.2, 0.25) is 0 Å². The Morgan fingerprint density at radius 3 is 2.62 bits per heavy atom. The number of anilines is 1. The number of nitrogens with one attached hydrogen (secondary N) is 3. The summed E-state index contributed by atoms with van der Waals surface area (Å²) in [6, 6.07) is 23.3. The van der Waals surface area contributed by atoms with E-state index in [0.717, 1.165) is 27.8 Å². The average molecular weight is 430 g/mol. The van der Waals surface area contributed by atoms with Crippen molar-refractivity contribution >= 4 is 22.6 Å². The molecule has 4 aromatic rings. The number of aromatic nitrogens is 1. The molecule has 0 unspecified atom stereocenters. The number of benzene rings is 3. The molecular weight excluding hydrogens is 402 g/mol. The second-order valence-corrected chi connectivity index (χ2v) is 7.36. The van der Waals surface area contributed by atoms with E-state index in [9.17, 15) is 4.79 Å². The summed E-state index contributed by atoms with van der Waals surface area (Å²) in [6.07, 6.45) is 2.69. The summed E-state index contributed by atoms with van der Waals surface area (Å²) in [4.78, 5) is 15.6. The molecule has 0 aliphatic carbocycles. The Morgan fingerprint density at radius 1 is 0.969 bits per heavy atom. The van der Waals surface area contributed by atoms with Crippen LogP contribution in [0.5, 0.6) is 11.5 Å². The zero-order valence-corrected chi connectivity index (χ0v) is 18.1. The summed E-state index contributed by atoms with van der Waals surface area (Å²) in [5, 5.41) is 6.88. The largest absolute Gasteiger partial charge is 0.492 e. The molecule has 2 amide bonds. The predicted octanol–water partition coefficient (Wildman–Crippen LogP) is 5.51. The maximum absolute atomic E-state index is 12.3. The third-order valence-corrected chi connectivity index (χ3v) is 5.10. The molecule has 0 fully saturated rings. The number of aromatic amines is 1. The van der Waals surface area contributed by atoms with Crippen molar-refractivity contribution in [3.8, 4) is 11.5 Å². The van der Waals surface area contributed by atoms with Gasteiger partial charge in [0.15, 0.2) is 0 Å². The minimum absolute atomic E-state index is 0.256. The standard InChI is InChI=1S/C26H27N3O3/c1-2-31-25-11-7-6-10-23(25)29-26(30)27-15-14-20-17-28-24-16-21(12-13-22(20)24)32-18-19-8-4-3-5-9-19/h3-13,16-17,28H,2,14-15,18H2,1H3,(H2,27,29,30). The Hall–Kier alpha value is -3.93. The maximum Gasteiger partial charge on any atom is 0.319 e. The van der Waals surface area contributed by atoms with E-state index < -0.39 is 0 Å². The summed E-state index contributed by atoms with van der Waals surface area (Å²) in [6.45, 7) is 3.50. The number of fused-ring (bicyclic) bond motifs is 1. The van der Waals surface area contributed by atoms with Crippen molar-refractivity contribution < 1.29 is 14.3 Å². The van der Waals surface area contributed by atoms with E-state index in [2.05, 4.69) is 21.7 Å². The minimum atomic E-state index is -0.256. The first-order chi connectivity index (χ1) is 15.7. The summed E-state index contributed by atoms with van der Waals surface area (Å²) in [5.41, 5.74) is 3.94. The minimum Gasteiger partial charge on any atom is -0.492 e. The second kappa shape index (κ2) is 10.4. The first-order valence-corrected chi connectivity index (χ1v) is 10.8. The van der Waals surface area contributed by atoms with Crippen LogP contribution in [0.25, 0.3) is 10.9 Å². The van der Waals surface area contributed by atoms with Gasteiger partial charge in [-0.3, -0.25) is 0 Å². The Bertz CT molecular complexity index is 1170. The average Bonchev–Trinajstić information content (AvgIpc) is 3.22. The summed E-state index contributed by atoms with van der Waals surface area (Å²) in [7, 11) is 0. The SMILES string of the molecule is CCOc1ccccc1NC(=O)NCCc1c[nH]c2cc(OCc3ccccc3)ccc12. The van der Waals surface area contributed by atoms with Crippen molar-refractivity contribution in [2.24, 2.45) is 0 Å². The maximum atomic E-state index is 12.3. The van der Waals surface area contributed by atoms with Crippen LogP contribution in [0.2, 0.25) is 0 Å². The molecular formula is C26H27N3O3. The van der Waals surface area contributed by atoms with Crippen molar-refractivity contribution in [3.05, 3.63) is 90.1 Å². The van der Waals surface area contributed by atoms with Gasteiger partial charge in [-0.25, -0.2) is 4.79 Å². The second-order valence-electron chi connectivity index (χ2n) is 7.36. The Kier molecular flexibility index (Phi) is 6.92. The molecule has 0 radical (unpaired) electrons. The highest BCUT2D eigenvalue weighted by Gasteiger charge is 2.09. The number of hydrogen-bond acceptors (Lipinski definition) is 3. The Balaban J connectivity index is 1.30. The van der Waals surface area contributed by atoms with Crippen LogP contribution in [0.4, 0.5) is 10.5 Å². The molecule has 164 valence electrons. The number of ether oxygens (including phenoxy) is 2. The molecule has 0 spiro atoms. The topological polar surface area (TPSA) is 75.4 Å². The fraction of sp³-hybridized carbons (Fsp3) is 0.192. The molecule has 3 aromatic carbocycles. The van der Waals surface area contributed by atoms with Gasteiger partial charge in [-0.1, -0.05) is 42.5 Å². The number of H-pyrrole nitrogens is 1. The smallest absolute Gasteiger partial charge is 0.319 e. The zero-order valence-electron chi connectivity index (χ0n) is 18.1. The molecule has 1 aromatic heterocycles. The van der Waals surface area contributed by atoms with Crippen LogP contribution < -0.4 is 20.1 Å². The molecule has 1 heterocycles. The predicted molar refractivity (Wildman–Crippen MR) is 127 cm³/mol. The summed E-state index contributed by atoms with van der Waals surface area (Å²) >= 11 is 0. The zero-order chi connectivity index (χ0) is 22.2. The van der Waals surface area contributed by atoms with Gasteiger partial charge in [0.1, 0.15) is 18.1 Å². The Labute approximate surface area is 187 Å². The van der Waals surface area contributed by atoms with Gasteiger partial charge in [-0.05, 0) is 48.7 Å². The molecule has 0 saturated heterocycles. The molecule has 0 saturated carbocycles.